The molecule has 0 bridgehead atoms. The standard InChI is InChI=1S/C17H18ClF3N2O/c18-22-9-16(10-22)7-12(8-16)23(15(24)17(19,20)21)14-6-13(14)11-4-2-1-3-5-11/h1-5,12-14H,6-10H2. The largest absolute Gasteiger partial charge is 0.471 e. The zero-order chi connectivity index (χ0) is 17.1. The quantitative estimate of drug-likeness (QED) is 0.771. The molecule has 0 aromatic heterocycles. The van der Waals surface area contributed by atoms with E-state index in [0.29, 0.717) is 32.4 Å². The predicted molar refractivity (Wildman–Crippen MR) is 83.4 cm³/mol. The average Bonchev–Trinajstić information content (AvgIpc) is 3.23. The Kier molecular flexibility index (Phi) is 3.62. The maximum Gasteiger partial charge on any atom is 0.471 e. The molecule has 1 heterocycles. The smallest absolute Gasteiger partial charge is 0.328 e. The van der Waals surface area contributed by atoms with Crippen molar-refractivity contribution in [3.8, 4) is 0 Å². The Labute approximate surface area is 143 Å². The van der Waals surface area contributed by atoms with E-state index < -0.39 is 12.1 Å². The molecule has 4 rings (SSSR count). The number of alkyl halides is 3. The van der Waals surface area contributed by atoms with Crippen LogP contribution in [-0.4, -0.2) is 46.6 Å². The molecule has 1 aliphatic heterocycles. The molecule has 7 heteroatoms. The average molecular weight is 359 g/mol. The monoisotopic (exact) mass is 358 g/mol. The molecule has 2 atom stereocenters. The van der Waals surface area contributed by atoms with Gasteiger partial charge in [0, 0.05) is 36.5 Å². The lowest BCUT2D eigenvalue weighted by Crippen LogP contribution is -2.66. The van der Waals surface area contributed by atoms with Crippen molar-refractivity contribution in [1.82, 2.24) is 9.32 Å². The Morgan fingerprint density at radius 2 is 1.83 bits per heavy atom. The third-order valence-corrected chi connectivity index (χ3v) is 5.80. The fourth-order valence-electron chi connectivity index (χ4n) is 4.36. The number of amides is 1. The molecule has 1 spiro atoms. The van der Waals surface area contributed by atoms with Gasteiger partial charge in [0.05, 0.1) is 0 Å². The van der Waals surface area contributed by atoms with Crippen molar-refractivity contribution in [3.63, 3.8) is 0 Å². The van der Waals surface area contributed by atoms with Crippen molar-refractivity contribution in [1.29, 1.82) is 0 Å². The van der Waals surface area contributed by atoms with Crippen LogP contribution < -0.4 is 0 Å². The Morgan fingerprint density at radius 3 is 2.38 bits per heavy atom. The summed E-state index contributed by atoms with van der Waals surface area (Å²) >= 11 is 5.86. The lowest BCUT2D eigenvalue weighted by molar-refractivity contribution is -0.195. The molecular formula is C17H18ClF3N2O. The van der Waals surface area contributed by atoms with Gasteiger partial charge < -0.3 is 4.90 Å². The number of hydrogen-bond acceptors (Lipinski definition) is 2. The van der Waals surface area contributed by atoms with Gasteiger partial charge in [-0.3, -0.25) is 4.79 Å². The molecule has 2 aliphatic carbocycles. The Hall–Kier alpha value is -1.27. The van der Waals surface area contributed by atoms with Gasteiger partial charge in [-0.05, 0) is 36.6 Å². The summed E-state index contributed by atoms with van der Waals surface area (Å²) in [4.78, 5) is 13.1. The van der Waals surface area contributed by atoms with Crippen molar-refractivity contribution in [2.24, 2.45) is 5.41 Å². The van der Waals surface area contributed by atoms with Crippen molar-refractivity contribution >= 4 is 17.7 Å². The Morgan fingerprint density at radius 1 is 1.21 bits per heavy atom. The lowest BCUT2D eigenvalue weighted by atomic mass is 9.61. The molecule has 0 radical (unpaired) electrons. The van der Waals surface area contributed by atoms with E-state index in [0.717, 1.165) is 10.5 Å². The molecule has 3 fully saturated rings. The SMILES string of the molecule is O=C(N(C1CC2(C1)CN(Cl)C2)C1CC1c1ccccc1)C(F)(F)F. The van der Waals surface area contributed by atoms with E-state index >= 15 is 0 Å². The highest BCUT2D eigenvalue weighted by molar-refractivity contribution is 6.13. The fourth-order valence-corrected chi connectivity index (χ4v) is 4.86. The Bertz CT molecular complexity index is 637. The molecule has 3 aliphatic rings. The van der Waals surface area contributed by atoms with Crippen molar-refractivity contribution in [3.05, 3.63) is 35.9 Å². The van der Waals surface area contributed by atoms with E-state index in [9.17, 15) is 18.0 Å². The van der Waals surface area contributed by atoms with Gasteiger partial charge in [-0.1, -0.05) is 30.3 Å². The summed E-state index contributed by atoms with van der Waals surface area (Å²) in [6, 6.07) is 8.81. The van der Waals surface area contributed by atoms with Crippen LogP contribution in [0.5, 0.6) is 0 Å². The molecular weight excluding hydrogens is 341 g/mol. The van der Waals surface area contributed by atoms with E-state index in [1.54, 1.807) is 4.42 Å². The highest BCUT2D eigenvalue weighted by atomic mass is 35.5. The number of carbonyl (C=O) groups is 1. The maximum atomic E-state index is 13.1. The minimum absolute atomic E-state index is 0.0139. The van der Waals surface area contributed by atoms with Crippen molar-refractivity contribution in [2.45, 2.75) is 43.4 Å². The molecule has 24 heavy (non-hydrogen) atoms. The first-order chi connectivity index (χ1) is 11.3. The molecule has 2 saturated carbocycles. The molecule has 3 nitrogen and oxygen atoms in total. The molecule has 2 unspecified atom stereocenters. The Balaban J connectivity index is 1.49. The van der Waals surface area contributed by atoms with Crippen molar-refractivity contribution in [2.75, 3.05) is 13.1 Å². The summed E-state index contributed by atoms with van der Waals surface area (Å²) in [5, 5.41) is 0. The second-order valence-electron chi connectivity index (χ2n) is 7.37. The first-order valence-corrected chi connectivity index (χ1v) is 8.48. The van der Waals surface area contributed by atoms with Crippen molar-refractivity contribution < 1.29 is 18.0 Å². The molecule has 1 aromatic rings. The molecule has 0 N–H and O–H groups in total. The minimum Gasteiger partial charge on any atom is -0.328 e. The number of rotatable bonds is 3. The third-order valence-electron chi connectivity index (χ3n) is 5.56. The number of halogens is 4. The van der Waals surface area contributed by atoms with Gasteiger partial charge >= 0.3 is 12.1 Å². The molecule has 1 amide bonds. The number of nitrogens with zero attached hydrogens (tertiary/aromatic N) is 2. The second-order valence-corrected chi connectivity index (χ2v) is 7.85. The summed E-state index contributed by atoms with van der Waals surface area (Å²) in [6.07, 6.45) is -2.96. The fraction of sp³-hybridized carbons (Fsp3) is 0.588. The normalized spacial score (nSPS) is 29.0. The summed E-state index contributed by atoms with van der Waals surface area (Å²) in [5.41, 5.74) is 1.03. The third kappa shape index (κ3) is 2.69. The number of benzene rings is 1. The zero-order valence-electron chi connectivity index (χ0n) is 13.0. The van der Waals surface area contributed by atoms with Crippen LogP contribution >= 0.6 is 11.8 Å². The second kappa shape index (κ2) is 5.36. The van der Waals surface area contributed by atoms with E-state index in [-0.39, 0.29) is 23.4 Å². The van der Waals surface area contributed by atoms with Crippen LogP contribution in [0, 0.1) is 5.41 Å². The summed E-state index contributed by atoms with van der Waals surface area (Å²) in [6.45, 7) is 1.40. The first kappa shape index (κ1) is 16.2. The minimum atomic E-state index is -4.81. The van der Waals surface area contributed by atoms with Gasteiger partial charge in [-0.2, -0.15) is 13.2 Å². The predicted octanol–water partition coefficient (Wildman–Crippen LogP) is 3.55. The highest BCUT2D eigenvalue weighted by Gasteiger charge is 2.60. The topological polar surface area (TPSA) is 23.6 Å². The van der Waals surface area contributed by atoms with Crippen LogP contribution in [0.1, 0.15) is 30.7 Å². The molecule has 130 valence electrons. The number of hydrogen-bond donors (Lipinski definition) is 0. The highest BCUT2D eigenvalue weighted by Crippen LogP contribution is 2.55. The first-order valence-electron chi connectivity index (χ1n) is 8.14. The lowest BCUT2D eigenvalue weighted by Gasteiger charge is -2.59. The summed E-state index contributed by atoms with van der Waals surface area (Å²) in [7, 11) is 0. The molecule has 1 saturated heterocycles. The van der Waals surface area contributed by atoms with E-state index in [1.165, 1.54) is 0 Å². The van der Waals surface area contributed by atoms with Gasteiger partial charge in [0.1, 0.15) is 0 Å². The zero-order valence-corrected chi connectivity index (χ0v) is 13.7. The van der Waals surface area contributed by atoms with E-state index in [1.807, 2.05) is 30.3 Å². The van der Waals surface area contributed by atoms with Gasteiger partial charge in [-0.25, -0.2) is 4.42 Å². The molecule has 1 aromatic carbocycles. The van der Waals surface area contributed by atoms with Crippen LogP contribution in [0.4, 0.5) is 13.2 Å². The van der Waals surface area contributed by atoms with Crippen LogP contribution in [0.2, 0.25) is 0 Å². The van der Waals surface area contributed by atoms with E-state index in [4.69, 9.17) is 11.8 Å². The van der Waals surface area contributed by atoms with Gasteiger partial charge in [0.25, 0.3) is 0 Å². The van der Waals surface area contributed by atoms with Gasteiger partial charge in [0.15, 0.2) is 0 Å². The van der Waals surface area contributed by atoms with Crippen LogP contribution in [0.15, 0.2) is 30.3 Å². The van der Waals surface area contributed by atoms with Crippen LogP contribution in [0.3, 0.4) is 0 Å². The van der Waals surface area contributed by atoms with Crippen LogP contribution in [0.25, 0.3) is 0 Å². The summed E-state index contributed by atoms with van der Waals surface area (Å²) in [5.74, 6) is -1.67. The summed E-state index contributed by atoms with van der Waals surface area (Å²) < 4.78 is 40.9. The van der Waals surface area contributed by atoms with Gasteiger partial charge in [-0.15, -0.1) is 0 Å². The maximum absolute atomic E-state index is 13.1. The van der Waals surface area contributed by atoms with Gasteiger partial charge in [0.2, 0.25) is 0 Å². The van der Waals surface area contributed by atoms with Crippen LogP contribution in [-0.2, 0) is 4.79 Å². The van der Waals surface area contributed by atoms with E-state index in [2.05, 4.69) is 0 Å². The number of carbonyl (C=O) groups excluding carboxylic acids is 1.